The molecule has 3 nitrogen and oxygen atoms in total. The SMILES string of the molecule is O=[Se]([O-])O.[Na+].[SeH2]. The topological polar surface area (TPSA) is 60.4 Å². The van der Waals surface area contributed by atoms with Crippen molar-refractivity contribution >= 4 is 31.6 Å². The molecule has 1 atom stereocenters. The van der Waals surface area contributed by atoms with Gasteiger partial charge in [-0.25, -0.2) is 0 Å². The number of hydrogen-bond acceptors (Lipinski definition) is 2. The first-order chi connectivity index (χ1) is 1.73. The van der Waals surface area contributed by atoms with Crippen LogP contribution in [0.2, 0.25) is 0 Å². The van der Waals surface area contributed by atoms with Crippen LogP contribution in [0.25, 0.3) is 0 Å². The van der Waals surface area contributed by atoms with Crippen LogP contribution >= 0.6 is 0 Å². The van der Waals surface area contributed by atoms with Crippen LogP contribution in [0.15, 0.2) is 0 Å². The predicted octanol–water partition coefficient (Wildman–Crippen LogP) is -6.16. The van der Waals surface area contributed by atoms with Crippen LogP contribution in [-0.4, -0.2) is 35.7 Å². The number of hydrogen-bond donors (Lipinski definition) is 1. The molecule has 0 aromatic heterocycles. The Balaban J connectivity index is -0.0000000450. The summed E-state index contributed by atoms with van der Waals surface area (Å²) in [5.74, 6) is 0. The zero-order chi connectivity index (χ0) is 3.58. The molecular formula is H3NaO3Se2. The van der Waals surface area contributed by atoms with Gasteiger partial charge in [0.05, 0.1) is 0 Å². The molecule has 0 radical (unpaired) electrons. The van der Waals surface area contributed by atoms with Gasteiger partial charge in [0, 0.05) is 0 Å². The van der Waals surface area contributed by atoms with Crippen LogP contribution in [0, 0.1) is 0 Å². The normalized spacial score (nSPS) is 10.3. The molecule has 0 saturated heterocycles. The van der Waals surface area contributed by atoms with E-state index in [4.69, 9.17) is 12.2 Å². The molecule has 0 fully saturated rings. The summed E-state index contributed by atoms with van der Waals surface area (Å²) in [6.07, 6.45) is 0. The fourth-order valence-electron chi connectivity index (χ4n) is 0. The second-order valence-electron chi connectivity index (χ2n) is 0.217. The summed E-state index contributed by atoms with van der Waals surface area (Å²) >= 11 is -3.54. The van der Waals surface area contributed by atoms with Gasteiger partial charge in [0.25, 0.3) is 0 Å². The van der Waals surface area contributed by atoms with Gasteiger partial charge < -0.3 is 0 Å². The molecule has 0 aliphatic heterocycles. The van der Waals surface area contributed by atoms with E-state index < -0.39 is 14.5 Å². The minimum atomic E-state index is -3.54. The molecule has 0 amide bonds. The van der Waals surface area contributed by atoms with E-state index in [-0.39, 0.29) is 46.6 Å². The van der Waals surface area contributed by atoms with Crippen LogP contribution in [0.1, 0.15) is 0 Å². The molecule has 0 spiro atoms. The first-order valence-corrected chi connectivity index (χ1v) is 2.68. The molecule has 1 N–H and O–H groups in total. The van der Waals surface area contributed by atoms with Gasteiger partial charge in [-0.2, -0.15) is 0 Å². The molecule has 0 bridgehead atoms. The van der Waals surface area contributed by atoms with E-state index in [1.165, 1.54) is 0 Å². The van der Waals surface area contributed by atoms with Gasteiger partial charge in [-0.3, -0.25) is 0 Å². The Morgan fingerprint density at radius 1 is 1.67 bits per heavy atom. The molecule has 0 rings (SSSR count). The third-order valence-electron chi connectivity index (χ3n) is 0. The second kappa shape index (κ2) is 9.90. The molecule has 0 aromatic rings. The van der Waals surface area contributed by atoms with Crippen molar-refractivity contribution < 1.29 is 41.8 Å². The van der Waals surface area contributed by atoms with Crippen LogP contribution in [-0.2, 0) is 3.83 Å². The van der Waals surface area contributed by atoms with Crippen molar-refractivity contribution in [3.05, 3.63) is 0 Å². The molecular weight excluding hydrogens is 229 g/mol. The Hall–Kier alpha value is 1.76. The summed E-state index contributed by atoms with van der Waals surface area (Å²) in [5, 5.41) is 0. The molecule has 0 aliphatic rings. The molecule has 1 unspecified atom stereocenters. The van der Waals surface area contributed by atoms with Gasteiger partial charge in [-0.05, 0) is 0 Å². The van der Waals surface area contributed by atoms with E-state index >= 15 is 0 Å². The molecule has 0 saturated carbocycles. The third-order valence-corrected chi connectivity index (χ3v) is 0. The molecule has 6 heavy (non-hydrogen) atoms. The quantitative estimate of drug-likeness (QED) is 0.423. The van der Waals surface area contributed by atoms with E-state index in [2.05, 4.69) is 0 Å². The van der Waals surface area contributed by atoms with E-state index in [9.17, 15) is 0 Å². The van der Waals surface area contributed by atoms with Crippen LogP contribution in [0.4, 0.5) is 0 Å². The van der Waals surface area contributed by atoms with Gasteiger partial charge in [-0.1, -0.05) is 0 Å². The van der Waals surface area contributed by atoms with Crippen molar-refractivity contribution in [2.45, 2.75) is 0 Å². The molecule has 0 heterocycles. The van der Waals surface area contributed by atoms with Crippen molar-refractivity contribution in [2.24, 2.45) is 0 Å². The van der Waals surface area contributed by atoms with E-state index in [1.54, 1.807) is 0 Å². The monoisotopic (exact) mass is 234 g/mol. The third kappa shape index (κ3) is 42.2. The van der Waals surface area contributed by atoms with Crippen molar-refractivity contribution in [2.75, 3.05) is 0 Å². The maximum absolute atomic E-state index is 8.65. The molecule has 0 aromatic carbocycles. The Morgan fingerprint density at radius 3 is 1.67 bits per heavy atom. The van der Waals surface area contributed by atoms with Crippen LogP contribution in [0.5, 0.6) is 0 Å². The van der Waals surface area contributed by atoms with Crippen molar-refractivity contribution in [1.29, 1.82) is 0 Å². The van der Waals surface area contributed by atoms with Gasteiger partial charge in [0.15, 0.2) is 0 Å². The molecule has 6 heteroatoms. The Labute approximate surface area is 72.6 Å². The van der Waals surface area contributed by atoms with Crippen LogP contribution < -0.4 is 33.7 Å². The molecule has 34 valence electrons. The fourth-order valence-corrected chi connectivity index (χ4v) is 0. The standard InChI is InChI=1S/Na.H2O3Se.H2Se/c;1-4(2)3;/h;(H2,1,2,3);1H2/q+1;;/p-1. The first kappa shape index (κ1) is 15.7. The van der Waals surface area contributed by atoms with Gasteiger partial charge in [0.2, 0.25) is 0 Å². The maximum atomic E-state index is 8.65. The summed E-state index contributed by atoms with van der Waals surface area (Å²) < 4.78 is 24.4. The van der Waals surface area contributed by atoms with E-state index in [0.717, 1.165) is 0 Å². The predicted molar refractivity (Wildman–Crippen MR) is 17.2 cm³/mol. The van der Waals surface area contributed by atoms with Gasteiger partial charge in [-0.15, -0.1) is 0 Å². The Morgan fingerprint density at radius 2 is 1.67 bits per heavy atom. The summed E-state index contributed by atoms with van der Waals surface area (Å²) in [5.41, 5.74) is 0. The summed E-state index contributed by atoms with van der Waals surface area (Å²) in [6.45, 7) is 0. The molecule has 0 aliphatic carbocycles. The first-order valence-electron chi connectivity index (χ1n) is 0.516. The summed E-state index contributed by atoms with van der Waals surface area (Å²) in [7, 11) is 0. The second-order valence-corrected chi connectivity index (χ2v) is 1.13. The fraction of sp³-hybridized carbons (Fsp3) is 0. The van der Waals surface area contributed by atoms with E-state index in [1.807, 2.05) is 0 Å². The van der Waals surface area contributed by atoms with E-state index in [0.29, 0.717) is 0 Å². The zero-order valence-corrected chi connectivity index (χ0v) is 8.98. The average Bonchev–Trinajstić information content (AvgIpc) is 0.811. The average molecular weight is 232 g/mol. The van der Waals surface area contributed by atoms with Crippen molar-refractivity contribution in [3.63, 3.8) is 0 Å². The van der Waals surface area contributed by atoms with Crippen LogP contribution in [0.3, 0.4) is 0 Å². The zero-order valence-electron chi connectivity index (χ0n) is 3.17. The van der Waals surface area contributed by atoms with Gasteiger partial charge in [0.1, 0.15) is 0 Å². The van der Waals surface area contributed by atoms with Crippen molar-refractivity contribution in [3.8, 4) is 0 Å². The van der Waals surface area contributed by atoms with Gasteiger partial charge >= 0.3 is 73.3 Å². The van der Waals surface area contributed by atoms with Crippen molar-refractivity contribution in [1.82, 2.24) is 0 Å². The number of rotatable bonds is 0. The summed E-state index contributed by atoms with van der Waals surface area (Å²) in [6, 6.07) is 0. The summed E-state index contributed by atoms with van der Waals surface area (Å²) in [4.78, 5) is 0. The minimum absolute atomic E-state index is 0. The Bertz CT molecular complexity index is 31.8. The Kier molecular flexibility index (Phi) is 25.8.